The van der Waals surface area contributed by atoms with Gasteiger partial charge in [-0.3, -0.25) is 4.79 Å². The van der Waals surface area contributed by atoms with Crippen LogP contribution in [0.2, 0.25) is 0 Å². The number of unbranched alkanes of at least 4 members (excludes halogenated alkanes) is 6. The second-order valence-electron chi connectivity index (χ2n) is 6.03. The minimum Gasteiger partial charge on any atom is -0.481 e. The van der Waals surface area contributed by atoms with Gasteiger partial charge in [-0.25, -0.2) is 0 Å². The summed E-state index contributed by atoms with van der Waals surface area (Å²) in [7, 11) is 0. The zero-order valence-electron chi connectivity index (χ0n) is 13.0. The molecule has 2 atom stereocenters. The predicted molar refractivity (Wildman–Crippen MR) is 82.6 cm³/mol. The Morgan fingerprint density at radius 1 is 0.950 bits per heavy atom. The topological polar surface area (TPSA) is 83.5 Å². The van der Waals surface area contributed by atoms with Crippen LogP contribution in [-0.2, 0) is 4.79 Å². The summed E-state index contributed by atoms with van der Waals surface area (Å²) in [4.78, 5) is 10.3. The number of hydrogen-bond acceptors (Lipinski definition) is 3. The van der Waals surface area contributed by atoms with Crippen molar-refractivity contribution >= 4 is 5.97 Å². The second kappa shape index (κ2) is 13.4. The first-order chi connectivity index (χ1) is 9.56. The van der Waals surface area contributed by atoms with Crippen molar-refractivity contribution in [2.75, 3.05) is 6.61 Å². The van der Waals surface area contributed by atoms with Gasteiger partial charge in [0.2, 0.25) is 0 Å². The zero-order chi connectivity index (χ0) is 15.2. The SMILES string of the molecule is CC(CCCCCCCCCC(=O)O)CCC(N)CO. The van der Waals surface area contributed by atoms with Gasteiger partial charge in [-0.2, -0.15) is 0 Å². The van der Waals surface area contributed by atoms with Crippen LogP contribution in [0.4, 0.5) is 0 Å². The summed E-state index contributed by atoms with van der Waals surface area (Å²) < 4.78 is 0. The Hall–Kier alpha value is -0.610. The first kappa shape index (κ1) is 19.4. The number of nitrogens with two attached hydrogens (primary N) is 1. The quantitative estimate of drug-likeness (QED) is 0.428. The van der Waals surface area contributed by atoms with Gasteiger partial charge in [0.25, 0.3) is 0 Å². The fraction of sp³-hybridized carbons (Fsp3) is 0.938. The van der Waals surface area contributed by atoms with Crippen LogP contribution < -0.4 is 5.73 Å². The van der Waals surface area contributed by atoms with E-state index in [0.29, 0.717) is 12.3 Å². The lowest BCUT2D eigenvalue weighted by atomic mass is 9.96. The average Bonchev–Trinajstić information content (AvgIpc) is 2.42. The Kier molecular flexibility index (Phi) is 13.0. The first-order valence-corrected chi connectivity index (χ1v) is 8.14. The maximum Gasteiger partial charge on any atom is 0.303 e. The van der Waals surface area contributed by atoms with E-state index in [2.05, 4.69) is 6.92 Å². The van der Waals surface area contributed by atoms with E-state index in [1.165, 1.54) is 32.1 Å². The van der Waals surface area contributed by atoms with Crippen LogP contribution >= 0.6 is 0 Å². The molecule has 2 unspecified atom stereocenters. The number of carboxylic acids is 1. The fourth-order valence-electron chi connectivity index (χ4n) is 2.39. The third-order valence-electron chi connectivity index (χ3n) is 3.85. The highest BCUT2D eigenvalue weighted by atomic mass is 16.4. The van der Waals surface area contributed by atoms with Crippen LogP contribution in [-0.4, -0.2) is 28.8 Å². The first-order valence-electron chi connectivity index (χ1n) is 8.14. The summed E-state index contributed by atoms with van der Waals surface area (Å²) in [6, 6.07) is -0.0525. The van der Waals surface area contributed by atoms with Gasteiger partial charge in [0.1, 0.15) is 0 Å². The smallest absolute Gasteiger partial charge is 0.303 e. The Morgan fingerprint density at radius 2 is 1.50 bits per heavy atom. The molecule has 0 bridgehead atoms. The molecule has 4 heteroatoms. The largest absolute Gasteiger partial charge is 0.481 e. The van der Waals surface area contributed by atoms with E-state index in [0.717, 1.165) is 32.1 Å². The fourth-order valence-corrected chi connectivity index (χ4v) is 2.39. The molecule has 0 amide bonds. The molecule has 0 radical (unpaired) electrons. The second-order valence-corrected chi connectivity index (χ2v) is 6.03. The summed E-state index contributed by atoms with van der Waals surface area (Å²) in [6.07, 6.45) is 11.6. The van der Waals surface area contributed by atoms with Crippen molar-refractivity contribution < 1.29 is 15.0 Å². The summed E-state index contributed by atoms with van der Waals surface area (Å²) in [5.74, 6) is 0.0167. The molecule has 0 aliphatic rings. The van der Waals surface area contributed by atoms with Gasteiger partial charge in [-0.1, -0.05) is 51.9 Å². The summed E-state index contributed by atoms with van der Waals surface area (Å²) in [5.41, 5.74) is 5.69. The summed E-state index contributed by atoms with van der Waals surface area (Å²) in [5, 5.41) is 17.4. The van der Waals surface area contributed by atoms with Crippen molar-refractivity contribution in [1.29, 1.82) is 0 Å². The van der Waals surface area contributed by atoms with E-state index in [1.54, 1.807) is 0 Å². The van der Waals surface area contributed by atoms with Crippen molar-refractivity contribution in [2.24, 2.45) is 11.7 Å². The van der Waals surface area contributed by atoms with Gasteiger partial charge in [0, 0.05) is 12.5 Å². The van der Waals surface area contributed by atoms with Crippen LogP contribution in [0.5, 0.6) is 0 Å². The molecule has 0 rings (SSSR count). The third-order valence-corrected chi connectivity index (χ3v) is 3.85. The van der Waals surface area contributed by atoms with E-state index >= 15 is 0 Å². The number of aliphatic hydroxyl groups is 1. The van der Waals surface area contributed by atoms with Crippen molar-refractivity contribution in [3.63, 3.8) is 0 Å². The molecule has 20 heavy (non-hydrogen) atoms. The molecule has 0 aliphatic heterocycles. The molecule has 0 aromatic carbocycles. The predicted octanol–water partition coefficient (Wildman–Crippen LogP) is 3.32. The van der Waals surface area contributed by atoms with Gasteiger partial charge in [0.05, 0.1) is 6.61 Å². The van der Waals surface area contributed by atoms with Gasteiger partial charge >= 0.3 is 5.97 Å². The Morgan fingerprint density at radius 3 is 2.05 bits per heavy atom. The van der Waals surface area contributed by atoms with E-state index in [1.807, 2.05) is 0 Å². The molecule has 4 nitrogen and oxygen atoms in total. The zero-order valence-corrected chi connectivity index (χ0v) is 13.0. The van der Waals surface area contributed by atoms with Crippen molar-refractivity contribution in [3.05, 3.63) is 0 Å². The number of carbonyl (C=O) groups is 1. The lowest BCUT2D eigenvalue weighted by Gasteiger charge is -2.13. The molecule has 4 N–H and O–H groups in total. The minimum atomic E-state index is -0.681. The highest BCUT2D eigenvalue weighted by Gasteiger charge is 2.06. The molecule has 120 valence electrons. The minimum absolute atomic E-state index is 0.0525. The van der Waals surface area contributed by atoms with E-state index in [9.17, 15) is 4.79 Å². The maximum absolute atomic E-state index is 10.3. The Labute approximate surface area is 123 Å². The molecule has 0 heterocycles. The van der Waals surface area contributed by atoms with Crippen LogP contribution in [0.15, 0.2) is 0 Å². The lowest BCUT2D eigenvalue weighted by molar-refractivity contribution is -0.137. The normalized spacial score (nSPS) is 14.2. The molecule has 0 aromatic rings. The average molecular weight is 287 g/mol. The lowest BCUT2D eigenvalue weighted by Crippen LogP contribution is -2.24. The van der Waals surface area contributed by atoms with E-state index in [4.69, 9.17) is 15.9 Å². The monoisotopic (exact) mass is 287 g/mol. The molecule has 0 saturated heterocycles. The van der Waals surface area contributed by atoms with Gasteiger partial charge in [-0.05, 0) is 25.2 Å². The summed E-state index contributed by atoms with van der Waals surface area (Å²) >= 11 is 0. The molecule has 0 aliphatic carbocycles. The van der Waals surface area contributed by atoms with Crippen molar-refractivity contribution in [2.45, 2.75) is 83.6 Å². The molecule has 0 spiro atoms. The highest BCUT2D eigenvalue weighted by Crippen LogP contribution is 2.17. The molecular formula is C16H33NO3. The molecule has 0 fully saturated rings. The van der Waals surface area contributed by atoms with Crippen LogP contribution in [0.25, 0.3) is 0 Å². The van der Waals surface area contributed by atoms with E-state index in [-0.39, 0.29) is 12.6 Å². The molecular weight excluding hydrogens is 254 g/mol. The van der Waals surface area contributed by atoms with Crippen LogP contribution in [0.1, 0.15) is 77.6 Å². The number of rotatable bonds is 14. The molecule has 0 aromatic heterocycles. The van der Waals surface area contributed by atoms with Crippen molar-refractivity contribution in [1.82, 2.24) is 0 Å². The van der Waals surface area contributed by atoms with Gasteiger partial charge in [0.15, 0.2) is 0 Å². The Bertz CT molecular complexity index is 234. The number of aliphatic carboxylic acids is 1. The third kappa shape index (κ3) is 13.8. The van der Waals surface area contributed by atoms with Crippen molar-refractivity contribution in [3.8, 4) is 0 Å². The standard InChI is InChI=1S/C16H33NO3/c1-14(11-12-15(17)13-18)9-7-5-3-2-4-6-8-10-16(19)20/h14-15,18H,2-13,17H2,1H3,(H,19,20). The number of aliphatic hydroxyl groups excluding tert-OH is 1. The number of carboxylic acid groups (broad SMARTS) is 1. The van der Waals surface area contributed by atoms with Gasteiger partial charge < -0.3 is 15.9 Å². The summed E-state index contributed by atoms with van der Waals surface area (Å²) in [6.45, 7) is 2.35. The van der Waals surface area contributed by atoms with Gasteiger partial charge in [-0.15, -0.1) is 0 Å². The number of hydrogen-bond donors (Lipinski definition) is 3. The molecule has 0 saturated carbocycles. The Balaban J connectivity index is 3.21. The maximum atomic E-state index is 10.3. The van der Waals surface area contributed by atoms with Crippen LogP contribution in [0.3, 0.4) is 0 Å². The van der Waals surface area contributed by atoms with E-state index < -0.39 is 5.97 Å². The van der Waals surface area contributed by atoms with Crippen LogP contribution in [0, 0.1) is 5.92 Å². The highest BCUT2D eigenvalue weighted by molar-refractivity contribution is 5.66.